The van der Waals surface area contributed by atoms with E-state index in [0.717, 1.165) is 23.4 Å². The van der Waals surface area contributed by atoms with Crippen LogP contribution in [0.4, 0.5) is 0 Å². The molecular weight excluding hydrogens is 284 g/mol. The van der Waals surface area contributed by atoms with Crippen LogP contribution >= 0.6 is 11.6 Å². The molecule has 1 aromatic carbocycles. The minimum Gasteiger partial charge on any atom is -0.349 e. The Labute approximate surface area is 132 Å². The van der Waals surface area contributed by atoms with Crippen LogP contribution in [-0.4, -0.2) is 18.0 Å². The van der Waals surface area contributed by atoms with Gasteiger partial charge in [0, 0.05) is 23.0 Å². The summed E-state index contributed by atoms with van der Waals surface area (Å²) in [5, 5.41) is 3.88. The van der Waals surface area contributed by atoms with Gasteiger partial charge in [-0.1, -0.05) is 37.6 Å². The van der Waals surface area contributed by atoms with Crippen molar-refractivity contribution >= 4 is 17.5 Å². The number of carbonyl (C=O) groups excluding carboxylic acids is 1. The molecule has 3 N–H and O–H groups in total. The lowest BCUT2D eigenvalue weighted by molar-refractivity contribution is -0.124. The number of hydrogen-bond donors (Lipinski definition) is 2. The van der Waals surface area contributed by atoms with Gasteiger partial charge < -0.3 is 11.1 Å². The van der Waals surface area contributed by atoms with Gasteiger partial charge in [0.25, 0.3) is 0 Å². The number of carbonyl (C=O) groups is 1. The zero-order chi connectivity index (χ0) is 15.6. The molecule has 0 heterocycles. The summed E-state index contributed by atoms with van der Waals surface area (Å²) in [6, 6.07) is 7.79. The highest BCUT2D eigenvalue weighted by Crippen LogP contribution is 2.48. The molecule has 1 aliphatic rings. The van der Waals surface area contributed by atoms with Gasteiger partial charge in [0.2, 0.25) is 5.91 Å². The van der Waals surface area contributed by atoms with Crippen molar-refractivity contribution in [3.05, 3.63) is 34.9 Å². The molecule has 1 aromatic rings. The smallest absolute Gasteiger partial charge is 0.224 e. The molecule has 3 nitrogen and oxygen atoms in total. The lowest BCUT2D eigenvalue weighted by atomic mass is 9.90. The predicted molar refractivity (Wildman–Crippen MR) is 87.4 cm³/mol. The third-order valence-electron chi connectivity index (χ3n) is 4.14. The van der Waals surface area contributed by atoms with Crippen LogP contribution in [0.2, 0.25) is 5.02 Å². The Morgan fingerprint density at radius 3 is 2.81 bits per heavy atom. The summed E-state index contributed by atoms with van der Waals surface area (Å²) in [5.74, 6) is 0.974. The van der Waals surface area contributed by atoms with Gasteiger partial charge in [-0.3, -0.25) is 4.79 Å². The van der Waals surface area contributed by atoms with Crippen molar-refractivity contribution in [2.24, 2.45) is 17.6 Å². The van der Waals surface area contributed by atoms with E-state index in [2.05, 4.69) is 19.2 Å². The first-order chi connectivity index (χ1) is 9.84. The predicted octanol–water partition coefficient (Wildman–Crippen LogP) is 3.32. The van der Waals surface area contributed by atoms with Gasteiger partial charge in [0.05, 0.1) is 0 Å². The lowest BCUT2D eigenvalue weighted by Crippen LogP contribution is -2.52. The summed E-state index contributed by atoms with van der Waals surface area (Å²) in [6.45, 7) is 6.78. The van der Waals surface area contributed by atoms with Crippen molar-refractivity contribution in [1.82, 2.24) is 5.32 Å². The third-order valence-corrected chi connectivity index (χ3v) is 4.37. The van der Waals surface area contributed by atoms with Crippen LogP contribution in [0.5, 0.6) is 0 Å². The van der Waals surface area contributed by atoms with Crippen molar-refractivity contribution < 1.29 is 4.79 Å². The van der Waals surface area contributed by atoms with Gasteiger partial charge >= 0.3 is 0 Å². The molecule has 0 radical (unpaired) electrons. The Hall–Kier alpha value is -1.06. The van der Waals surface area contributed by atoms with Crippen molar-refractivity contribution in [2.75, 3.05) is 6.54 Å². The van der Waals surface area contributed by atoms with Crippen LogP contribution in [-0.2, 0) is 4.79 Å². The molecule has 4 heteroatoms. The average molecular weight is 309 g/mol. The zero-order valence-corrected chi connectivity index (χ0v) is 13.8. The van der Waals surface area contributed by atoms with Crippen LogP contribution in [0, 0.1) is 11.8 Å². The number of benzene rings is 1. The molecule has 0 spiro atoms. The van der Waals surface area contributed by atoms with Gasteiger partial charge in [-0.05, 0) is 49.3 Å². The number of hydrogen-bond acceptors (Lipinski definition) is 2. The molecule has 116 valence electrons. The Balaban J connectivity index is 1.96. The Kier molecular flexibility index (Phi) is 4.95. The maximum absolute atomic E-state index is 12.4. The fourth-order valence-corrected chi connectivity index (χ4v) is 3.27. The second-order valence-electron chi connectivity index (χ2n) is 6.86. The molecule has 0 saturated heterocycles. The first-order valence-electron chi connectivity index (χ1n) is 7.62. The quantitative estimate of drug-likeness (QED) is 0.847. The molecule has 1 amide bonds. The number of nitrogens with one attached hydrogen (secondary N) is 1. The molecule has 1 aliphatic carbocycles. The monoisotopic (exact) mass is 308 g/mol. The fourth-order valence-electron chi connectivity index (χ4n) is 3.07. The van der Waals surface area contributed by atoms with Crippen LogP contribution in [0.1, 0.15) is 45.1 Å². The average Bonchev–Trinajstić information content (AvgIpc) is 3.18. The molecule has 2 rings (SSSR count). The summed E-state index contributed by atoms with van der Waals surface area (Å²) in [5.41, 5.74) is 6.70. The van der Waals surface area contributed by atoms with Crippen molar-refractivity contribution in [3.8, 4) is 0 Å². The molecule has 1 saturated carbocycles. The fraction of sp³-hybridized carbons (Fsp3) is 0.588. The second kappa shape index (κ2) is 6.37. The molecule has 3 unspecified atom stereocenters. The van der Waals surface area contributed by atoms with Gasteiger partial charge in [-0.2, -0.15) is 0 Å². The third kappa shape index (κ3) is 4.21. The summed E-state index contributed by atoms with van der Waals surface area (Å²) >= 11 is 6.01. The lowest BCUT2D eigenvalue weighted by Gasteiger charge is -2.31. The van der Waals surface area contributed by atoms with E-state index in [4.69, 9.17) is 17.3 Å². The van der Waals surface area contributed by atoms with E-state index in [0.29, 0.717) is 18.4 Å². The number of nitrogens with two attached hydrogens (primary N) is 1. The molecule has 0 aliphatic heterocycles. The normalized spacial score (nSPS) is 23.7. The summed E-state index contributed by atoms with van der Waals surface area (Å²) in [6.07, 6.45) is 1.79. The van der Waals surface area contributed by atoms with Crippen molar-refractivity contribution in [2.45, 2.75) is 45.1 Å². The van der Waals surface area contributed by atoms with E-state index in [1.54, 1.807) is 0 Å². The van der Waals surface area contributed by atoms with Gasteiger partial charge in [0.15, 0.2) is 0 Å². The number of rotatable bonds is 6. The number of halogens is 1. The summed E-state index contributed by atoms with van der Waals surface area (Å²) < 4.78 is 0. The number of amides is 1. The largest absolute Gasteiger partial charge is 0.349 e. The highest BCUT2D eigenvalue weighted by Gasteiger charge is 2.45. The maximum atomic E-state index is 12.4. The minimum atomic E-state index is -0.313. The van der Waals surface area contributed by atoms with Gasteiger partial charge in [-0.15, -0.1) is 0 Å². The van der Waals surface area contributed by atoms with E-state index >= 15 is 0 Å². The first-order valence-corrected chi connectivity index (χ1v) is 8.00. The SMILES string of the molecule is CC(C)CC(C)(CN)NC(=O)C1CC1c1cccc(Cl)c1. The van der Waals surface area contributed by atoms with Crippen LogP contribution < -0.4 is 11.1 Å². The van der Waals surface area contributed by atoms with Crippen LogP contribution in [0.3, 0.4) is 0 Å². The molecule has 21 heavy (non-hydrogen) atoms. The summed E-state index contributed by atoms with van der Waals surface area (Å²) in [7, 11) is 0. The van der Waals surface area contributed by atoms with E-state index in [1.807, 2.05) is 31.2 Å². The molecule has 1 fully saturated rings. The van der Waals surface area contributed by atoms with Crippen LogP contribution in [0.25, 0.3) is 0 Å². The topological polar surface area (TPSA) is 55.1 Å². The van der Waals surface area contributed by atoms with E-state index in [1.165, 1.54) is 0 Å². The zero-order valence-electron chi connectivity index (χ0n) is 13.0. The molecule has 3 atom stereocenters. The van der Waals surface area contributed by atoms with E-state index in [-0.39, 0.29) is 17.4 Å². The molecular formula is C17H25ClN2O. The first kappa shape index (κ1) is 16.3. The Morgan fingerprint density at radius 1 is 1.52 bits per heavy atom. The van der Waals surface area contributed by atoms with Gasteiger partial charge in [0.1, 0.15) is 0 Å². The Morgan fingerprint density at radius 2 is 2.24 bits per heavy atom. The maximum Gasteiger partial charge on any atom is 0.224 e. The minimum absolute atomic E-state index is 0.0569. The van der Waals surface area contributed by atoms with Gasteiger partial charge in [-0.25, -0.2) is 0 Å². The highest BCUT2D eigenvalue weighted by molar-refractivity contribution is 6.30. The van der Waals surface area contributed by atoms with Crippen LogP contribution in [0.15, 0.2) is 24.3 Å². The van der Waals surface area contributed by atoms with E-state index < -0.39 is 0 Å². The highest BCUT2D eigenvalue weighted by atomic mass is 35.5. The Bertz CT molecular complexity index is 517. The summed E-state index contributed by atoms with van der Waals surface area (Å²) in [4.78, 5) is 12.4. The van der Waals surface area contributed by atoms with E-state index in [9.17, 15) is 4.79 Å². The standard InChI is InChI=1S/C17H25ClN2O/c1-11(2)9-17(3,10-19)20-16(21)15-8-14(15)12-5-4-6-13(18)7-12/h4-7,11,14-15H,8-10,19H2,1-3H3,(H,20,21). The second-order valence-corrected chi connectivity index (χ2v) is 7.29. The molecule has 0 aromatic heterocycles. The molecule has 0 bridgehead atoms. The van der Waals surface area contributed by atoms with Crippen molar-refractivity contribution in [3.63, 3.8) is 0 Å². The van der Waals surface area contributed by atoms with Crippen molar-refractivity contribution in [1.29, 1.82) is 0 Å².